The molecule has 0 rings (SSSR count). The van der Waals surface area contributed by atoms with Crippen molar-refractivity contribution in [1.29, 1.82) is 0 Å². The summed E-state index contributed by atoms with van der Waals surface area (Å²) in [5.41, 5.74) is 0. The smallest absolute Gasteiger partial charge is 0.907 e. The van der Waals surface area contributed by atoms with Crippen LogP contribution in [0.4, 0.5) is 0 Å². The Balaban J connectivity index is -0.0000000184. The maximum Gasteiger partial charge on any atom is 1.00 e. The molecule has 76 valence electrons. The van der Waals surface area contributed by atoms with Gasteiger partial charge in [0.05, 0.1) is 0 Å². The van der Waals surface area contributed by atoms with E-state index in [1.165, 1.54) is 0 Å². The summed E-state index contributed by atoms with van der Waals surface area (Å²) >= 11 is 0. The molecule has 0 aliphatic carbocycles. The van der Waals surface area contributed by atoms with Crippen LogP contribution in [0.3, 0.4) is 0 Å². The molecule has 0 unspecified atom stereocenters. The zero-order chi connectivity index (χ0) is 10.7. The second kappa shape index (κ2) is 29.8. The van der Waals surface area contributed by atoms with Gasteiger partial charge >= 0.3 is 56.6 Å². The Morgan fingerprint density at radius 1 is 0.600 bits per heavy atom. The Labute approximate surface area is 135 Å². The monoisotopic (exact) mass is 228 g/mol. The fraction of sp³-hybridized carbons (Fsp3) is 1.00. The second-order valence-corrected chi connectivity index (χ2v) is 10.7. The standard InChI is InChI=1S/2C3H10Si.BO3.3Li/c2*1-4(2)3;2-1(3)4;;;/h2*4H,1-3H3;;;;/q;;-3;3*+1. The zero-order valence-electron chi connectivity index (χ0n) is 12.0. The second-order valence-electron chi connectivity index (χ2n) is 3.75. The maximum atomic E-state index is 8.42. The number of hydrogen-bond acceptors (Lipinski definition) is 3. The van der Waals surface area contributed by atoms with E-state index in [4.69, 9.17) is 15.1 Å². The van der Waals surface area contributed by atoms with Gasteiger partial charge in [0.25, 0.3) is 0 Å². The quantitative estimate of drug-likeness (QED) is 0.386. The van der Waals surface area contributed by atoms with Crippen molar-refractivity contribution in [1.82, 2.24) is 0 Å². The summed E-state index contributed by atoms with van der Waals surface area (Å²) in [4.78, 5) is 0. The molecule has 0 saturated heterocycles. The minimum absolute atomic E-state index is 0. The normalized spacial score (nSPS) is 6.60. The molecule has 0 radical (unpaired) electrons. The first-order chi connectivity index (χ1) is 5.20. The first kappa shape index (κ1) is 36.0. The SMILES string of the molecule is C[SiH](C)C.C[SiH](C)C.[Li+].[Li+].[Li+].[O-]B([O-])[O-]. The Kier molecular flexibility index (Phi) is 71.5. The van der Waals surface area contributed by atoms with E-state index in [0.29, 0.717) is 0 Å². The maximum absolute atomic E-state index is 8.42. The van der Waals surface area contributed by atoms with Crippen LogP contribution < -0.4 is 71.7 Å². The van der Waals surface area contributed by atoms with Crippen LogP contribution in [0, 0.1) is 0 Å². The van der Waals surface area contributed by atoms with Crippen LogP contribution in [0.5, 0.6) is 0 Å². The molecule has 15 heavy (non-hydrogen) atoms. The molecule has 0 aliphatic rings. The molecule has 0 amide bonds. The van der Waals surface area contributed by atoms with Gasteiger partial charge in [0.2, 0.25) is 0 Å². The van der Waals surface area contributed by atoms with Gasteiger partial charge in [-0.1, -0.05) is 39.3 Å². The molecule has 0 heterocycles. The summed E-state index contributed by atoms with van der Waals surface area (Å²) in [5.74, 6) is 0. The predicted octanol–water partition coefficient (Wildman–Crippen LogP) is -10.7. The van der Waals surface area contributed by atoms with E-state index in [1.54, 1.807) is 0 Å². The van der Waals surface area contributed by atoms with Gasteiger partial charge in [-0.2, -0.15) is 0 Å². The topological polar surface area (TPSA) is 69.2 Å². The van der Waals surface area contributed by atoms with Crippen LogP contribution in [-0.4, -0.2) is 24.9 Å². The largest absolute Gasteiger partial charge is 1.00 e. The number of hydrogen-bond donors (Lipinski definition) is 0. The Morgan fingerprint density at radius 3 is 0.600 bits per heavy atom. The van der Waals surface area contributed by atoms with E-state index in [9.17, 15) is 0 Å². The molecule has 0 aromatic heterocycles. The Morgan fingerprint density at radius 2 is 0.600 bits per heavy atom. The van der Waals surface area contributed by atoms with Crippen molar-refractivity contribution in [2.75, 3.05) is 0 Å². The molecule has 0 aromatic carbocycles. The van der Waals surface area contributed by atoms with Crippen molar-refractivity contribution >= 4 is 24.9 Å². The van der Waals surface area contributed by atoms with E-state index < -0.39 is 7.32 Å². The molecule has 0 atom stereocenters. The van der Waals surface area contributed by atoms with Gasteiger partial charge in [-0.3, -0.25) is 7.32 Å². The minimum Gasteiger partial charge on any atom is -0.907 e. The third-order valence-electron chi connectivity index (χ3n) is 0. The molecular formula is C6H20BLi3O3Si2. The summed E-state index contributed by atoms with van der Waals surface area (Å²) in [7, 11) is -3.19. The van der Waals surface area contributed by atoms with Crippen molar-refractivity contribution in [3.8, 4) is 0 Å². The Bertz CT molecular complexity index is 60.1. The summed E-state index contributed by atoms with van der Waals surface area (Å²) < 4.78 is 0. The van der Waals surface area contributed by atoms with Gasteiger partial charge in [-0.05, 0) is 0 Å². The first-order valence-electron chi connectivity index (χ1n) is 4.17. The molecule has 0 fully saturated rings. The fourth-order valence-corrected chi connectivity index (χ4v) is 0. The van der Waals surface area contributed by atoms with Crippen LogP contribution in [0.2, 0.25) is 39.3 Å². The molecular weight excluding hydrogens is 208 g/mol. The Hall–Kier alpha value is 2.17. The summed E-state index contributed by atoms with van der Waals surface area (Å²) in [6, 6.07) is 0. The molecule has 0 aromatic rings. The third kappa shape index (κ3) is 689. The summed E-state index contributed by atoms with van der Waals surface area (Å²) in [5, 5.41) is 25.2. The van der Waals surface area contributed by atoms with E-state index in [2.05, 4.69) is 39.3 Å². The third-order valence-corrected chi connectivity index (χ3v) is 0. The van der Waals surface area contributed by atoms with Crippen LogP contribution in [0.1, 0.15) is 0 Å². The number of rotatable bonds is 0. The predicted molar refractivity (Wildman–Crippen MR) is 55.2 cm³/mol. The van der Waals surface area contributed by atoms with Crippen LogP contribution in [0.15, 0.2) is 0 Å². The summed E-state index contributed by atoms with van der Waals surface area (Å²) in [6.45, 7) is 13.8. The van der Waals surface area contributed by atoms with Gasteiger partial charge in [-0.15, -0.1) is 0 Å². The molecule has 9 heteroatoms. The molecule has 0 aliphatic heterocycles. The van der Waals surface area contributed by atoms with Gasteiger partial charge in [0, 0.05) is 17.6 Å². The zero-order valence-corrected chi connectivity index (χ0v) is 14.3. The van der Waals surface area contributed by atoms with Crippen LogP contribution in [-0.2, 0) is 0 Å². The van der Waals surface area contributed by atoms with E-state index >= 15 is 0 Å². The molecule has 0 saturated carbocycles. The van der Waals surface area contributed by atoms with Crippen molar-refractivity contribution in [2.24, 2.45) is 0 Å². The molecule has 0 bridgehead atoms. The van der Waals surface area contributed by atoms with Crippen molar-refractivity contribution in [3.05, 3.63) is 0 Å². The van der Waals surface area contributed by atoms with Gasteiger partial charge in [0.15, 0.2) is 0 Å². The first-order valence-corrected chi connectivity index (χ1v) is 11.1. The van der Waals surface area contributed by atoms with Crippen LogP contribution >= 0.6 is 0 Å². The average molecular weight is 228 g/mol. The van der Waals surface area contributed by atoms with E-state index in [1.807, 2.05) is 0 Å². The molecule has 0 N–H and O–H groups in total. The van der Waals surface area contributed by atoms with E-state index in [-0.39, 0.29) is 74.2 Å². The molecule has 0 spiro atoms. The van der Waals surface area contributed by atoms with Crippen molar-refractivity contribution < 1.29 is 71.7 Å². The average Bonchev–Trinajstić information content (AvgIpc) is 1.54. The van der Waals surface area contributed by atoms with Gasteiger partial charge in [-0.25, -0.2) is 0 Å². The van der Waals surface area contributed by atoms with Gasteiger partial charge < -0.3 is 15.1 Å². The van der Waals surface area contributed by atoms with E-state index in [0.717, 1.165) is 0 Å². The molecule has 3 nitrogen and oxygen atoms in total. The van der Waals surface area contributed by atoms with Crippen molar-refractivity contribution in [3.63, 3.8) is 0 Å². The van der Waals surface area contributed by atoms with Gasteiger partial charge in [0.1, 0.15) is 0 Å². The fourth-order valence-electron chi connectivity index (χ4n) is 0. The minimum atomic E-state index is -2.92. The van der Waals surface area contributed by atoms with Crippen molar-refractivity contribution in [2.45, 2.75) is 39.3 Å². The van der Waals surface area contributed by atoms with Crippen LogP contribution in [0.25, 0.3) is 0 Å². The summed E-state index contributed by atoms with van der Waals surface area (Å²) in [6.07, 6.45) is 0.